The molecule has 1 saturated heterocycles. The Kier molecular flexibility index (Phi) is 5.75. The van der Waals surface area contributed by atoms with E-state index < -0.39 is 0 Å². The van der Waals surface area contributed by atoms with E-state index >= 15 is 0 Å². The lowest BCUT2D eigenvalue weighted by Gasteiger charge is -2.32. The quantitative estimate of drug-likeness (QED) is 0.858. The fourth-order valence-electron chi connectivity index (χ4n) is 2.92. The SMILES string of the molecule is COc1ccc(OC)c(NC(=O)c2cc(C)nc(N3CCN(C)CC3)n2)c1. The van der Waals surface area contributed by atoms with Crippen LogP contribution in [0.4, 0.5) is 11.6 Å². The highest BCUT2D eigenvalue weighted by atomic mass is 16.5. The number of methoxy groups -OCH3 is 2. The number of carbonyl (C=O) groups is 1. The van der Waals surface area contributed by atoms with Crippen LogP contribution in [0, 0.1) is 6.92 Å². The van der Waals surface area contributed by atoms with Gasteiger partial charge in [-0.1, -0.05) is 0 Å². The highest BCUT2D eigenvalue weighted by Gasteiger charge is 2.19. The highest BCUT2D eigenvalue weighted by molar-refractivity contribution is 6.04. The van der Waals surface area contributed by atoms with E-state index in [4.69, 9.17) is 9.47 Å². The number of likely N-dealkylation sites (N-methyl/N-ethyl adjacent to an activating group) is 1. The molecule has 8 heteroatoms. The summed E-state index contributed by atoms with van der Waals surface area (Å²) in [6.45, 7) is 5.43. The van der Waals surface area contributed by atoms with Gasteiger partial charge in [-0.15, -0.1) is 0 Å². The average molecular weight is 371 g/mol. The van der Waals surface area contributed by atoms with Crippen LogP contribution in [0.15, 0.2) is 24.3 Å². The molecule has 0 radical (unpaired) electrons. The van der Waals surface area contributed by atoms with Crippen LogP contribution < -0.4 is 19.7 Å². The van der Waals surface area contributed by atoms with E-state index in [0.29, 0.717) is 28.8 Å². The average Bonchev–Trinajstić information content (AvgIpc) is 2.68. The van der Waals surface area contributed by atoms with Crippen molar-refractivity contribution in [3.8, 4) is 11.5 Å². The van der Waals surface area contributed by atoms with Gasteiger partial charge in [0.2, 0.25) is 5.95 Å². The standard InChI is InChI=1S/C19H25N5O3/c1-13-11-16(22-19(20-13)24-9-7-23(2)8-10-24)18(25)21-15-12-14(26-3)5-6-17(15)27-4/h5-6,11-12H,7-10H2,1-4H3,(H,21,25). The van der Waals surface area contributed by atoms with Gasteiger partial charge in [0, 0.05) is 37.9 Å². The van der Waals surface area contributed by atoms with Crippen LogP contribution in [-0.2, 0) is 0 Å². The molecular weight excluding hydrogens is 346 g/mol. The Labute approximate surface area is 159 Å². The fourth-order valence-corrected chi connectivity index (χ4v) is 2.92. The molecule has 1 aliphatic rings. The third kappa shape index (κ3) is 4.46. The molecule has 0 saturated carbocycles. The van der Waals surface area contributed by atoms with Gasteiger partial charge >= 0.3 is 0 Å². The summed E-state index contributed by atoms with van der Waals surface area (Å²) in [5.41, 5.74) is 1.60. The molecular formula is C19H25N5O3. The minimum absolute atomic E-state index is 0.317. The number of hydrogen-bond acceptors (Lipinski definition) is 7. The first-order chi connectivity index (χ1) is 13.0. The second-order valence-electron chi connectivity index (χ2n) is 6.51. The van der Waals surface area contributed by atoms with E-state index in [1.165, 1.54) is 0 Å². The van der Waals surface area contributed by atoms with Crippen LogP contribution in [0.2, 0.25) is 0 Å². The van der Waals surface area contributed by atoms with Crippen LogP contribution in [0.5, 0.6) is 11.5 Å². The normalized spacial score (nSPS) is 14.7. The Hall–Kier alpha value is -2.87. The summed E-state index contributed by atoms with van der Waals surface area (Å²) in [6.07, 6.45) is 0. The Bertz CT molecular complexity index is 819. The van der Waals surface area contributed by atoms with Crippen molar-refractivity contribution >= 4 is 17.5 Å². The molecule has 1 aliphatic heterocycles. The Balaban J connectivity index is 1.83. The maximum absolute atomic E-state index is 12.8. The molecule has 8 nitrogen and oxygen atoms in total. The lowest BCUT2D eigenvalue weighted by Crippen LogP contribution is -2.45. The number of piperazine rings is 1. The second-order valence-corrected chi connectivity index (χ2v) is 6.51. The van der Waals surface area contributed by atoms with Crippen molar-refractivity contribution < 1.29 is 14.3 Å². The van der Waals surface area contributed by atoms with Gasteiger partial charge in [0.25, 0.3) is 5.91 Å². The monoisotopic (exact) mass is 371 g/mol. The van der Waals surface area contributed by atoms with Gasteiger partial charge in [-0.25, -0.2) is 9.97 Å². The Morgan fingerprint density at radius 3 is 2.48 bits per heavy atom. The first-order valence-corrected chi connectivity index (χ1v) is 8.82. The third-order valence-corrected chi connectivity index (χ3v) is 4.52. The number of rotatable bonds is 5. The number of aromatic nitrogens is 2. The minimum atomic E-state index is -0.317. The first-order valence-electron chi connectivity index (χ1n) is 8.82. The van der Waals surface area contributed by atoms with Gasteiger partial charge in [-0.2, -0.15) is 0 Å². The number of ether oxygens (including phenoxy) is 2. The largest absolute Gasteiger partial charge is 0.497 e. The summed E-state index contributed by atoms with van der Waals surface area (Å²) in [4.78, 5) is 26.2. The molecule has 1 amide bonds. The van der Waals surface area contributed by atoms with Gasteiger partial charge in [-0.3, -0.25) is 4.79 Å². The molecule has 144 valence electrons. The molecule has 0 atom stereocenters. The molecule has 1 fully saturated rings. The van der Waals surface area contributed by atoms with Crippen LogP contribution in [0.1, 0.15) is 16.2 Å². The van der Waals surface area contributed by atoms with Gasteiger partial charge in [0.15, 0.2) is 0 Å². The molecule has 2 heterocycles. The molecule has 0 unspecified atom stereocenters. The van der Waals surface area contributed by atoms with Crippen molar-refractivity contribution in [2.75, 3.05) is 57.7 Å². The van der Waals surface area contributed by atoms with Crippen molar-refractivity contribution in [1.82, 2.24) is 14.9 Å². The summed E-state index contributed by atoms with van der Waals surface area (Å²) >= 11 is 0. The number of aryl methyl sites for hydroxylation is 1. The lowest BCUT2D eigenvalue weighted by atomic mass is 10.2. The highest BCUT2D eigenvalue weighted by Crippen LogP contribution is 2.29. The molecule has 0 aliphatic carbocycles. The van der Waals surface area contributed by atoms with Crippen LogP contribution in [-0.4, -0.2) is 68.2 Å². The second kappa shape index (κ2) is 8.22. The predicted molar refractivity (Wildman–Crippen MR) is 104 cm³/mol. The number of anilines is 2. The van der Waals surface area contributed by atoms with Gasteiger partial charge in [0.1, 0.15) is 17.2 Å². The third-order valence-electron chi connectivity index (χ3n) is 4.52. The predicted octanol–water partition coefficient (Wildman–Crippen LogP) is 1.81. The van der Waals surface area contributed by atoms with Gasteiger partial charge in [-0.05, 0) is 32.2 Å². The summed E-state index contributed by atoms with van der Waals surface area (Å²) in [7, 11) is 5.22. The summed E-state index contributed by atoms with van der Waals surface area (Å²) in [5.74, 6) is 1.45. The fraction of sp³-hybridized carbons (Fsp3) is 0.421. The Morgan fingerprint density at radius 1 is 1.07 bits per heavy atom. The van der Waals surface area contributed by atoms with Crippen molar-refractivity contribution in [2.24, 2.45) is 0 Å². The molecule has 3 rings (SSSR count). The first kappa shape index (κ1) is 18.9. The van der Waals surface area contributed by atoms with Gasteiger partial charge in [0.05, 0.1) is 19.9 Å². The number of nitrogens with one attached hydrogen (secondary N) is 1. The zero-order valence-corrected chi connectivity index (χ0v) is 16.2. The number of nitrogens with zero attached hydrogens (tertiary/aromatic N) is 4. The molecule has 1 aromatic carbocycles. The summed E-state index contributed by atoms with van der Waals surface area (Å²) in [5, 5.41) is 2.86. The molecule has 0 bridgehead atoms. The van der Waals surface area contributed by atoms with Crippen LogP contribution >= 0.6 is 0 Å². The minimum Gasteiger partial charge on any atom is -0.497 e. The van der Waals surface area contributed by atoms with E-state index in [1.54, 1.807) is 38.5 Å². The molecule has 0 spiro atoms. The van der Waals surface area contributed by atoms with Crippen molar-refractivity contribution in [2.45, 2.75) is 6.92 Å². The Morgan fingerprint density at radius 2 is 1.81 bits per heavy atom. The maximum atomic E-state index is 12.8. The van der Waals surface area contributed by atoms with E-state index in [9.17, 15) is 4.79 Å². The van der Waals surface area contributed by atoms with Gasteiger partial charge < -0.3 is 24.6 Å². The molecule has 27 heavy (non-hydrogen) atoms. The van der Waals surface area contributed by atoms with E-state index in [0.717, 1.165) is 31.9 Å². The molecule has 1 aromatic heterocycles. The van der Waals surface area contributed by atoms with E-state index in [2.05, 4.69) is 32.1 Å². The van der Waals surface area contributed by atoms with E-state index in [-0.39, 0.29) is 5.91 Å². The number of carbonyl (C=O) groups excluding carboxylic acids is 1. The van der Waals surface area contributed by atoms with E-state index in [1.807, 2.05) is 6.92 Å². The van der Waals surface area contributed by atoms with Crippen molar-refractivity contribution in [3.63, 3.8) is 0 Å². The maximum Gasteiger partial charge on any atom is 0.274 e. The zero-order chi connectivity index (χ0) is 19.4. The van der Waals surface area contributed by atoms with Crippen molar-refractivity contribution in [3.05, 3.63) is 35.7 Å². The number of amides is 1. The van der Waals surface area contributed by atoms with Crippen molar-refractivity contribution in [1.29, 1.82) is 0 Å². The smallest absolute Gasteiger partial charge is 0.274 e. The lowest BCUT2D eigenvalue weighted by molar-refractivity contribution is 0.102. The molecule has 2 aromatic rings. The molecule has 1 N–H and O–H groups in total. The van der Waals surface area contributed by atoms with Crippen LogP contribution in [0.3, 0.4) is 0 Å². The number of benzene rings is 1. The summed E-state index contributed by atoms with van der Waals surface area (Å²) in [6, 6.07) is 6.91. The summed E-state index contributed by atoms with van der Waals surface area (Å²) < 4.78 is 10.5. The van der Waals surface area contributed by atoms with Crippen LogP contribution in [0.25, 0.3) is 0 Å². The topological polar surface area (TPSA) is 79.8 Å². The zero-order valence-electron chi connectivity index (χ0n) is 16.2. The number of hydrogen-bond donors (Lipinski definition) is 1.